The average molecular weight is 493 g/mol. The van der Waals surface area contributed by atoms with Crippen LogP contribution in [0, 0.1) is 0 Å². The molecule has 0 radical (unpaired) electrons. The first-order chi connectivity index (χ1) is 14.9. The van der Waals surface area contributed by atoms with Crippen molar-refractivity contribution in [1.82, 2.24) is 40.9 Å². The molecule has 0 aromatic carbocycles. The first-order valence-corrected chi connectivity index (χ1v) is 10.2. The predicted octanol–water partition coefficient (Wildman–Crippen LogP) is -2.44. The summed E-state index contributed by atoms with van der Waals surface area (Å²) in [7, 11) is 30.0. The number of nitrogens with zero attached hydrogens (tertiary/aromatic N) is 8. The molecule has 0 saturated heterocycles. The smallest absolute Gasteiger partial charge is 0.192 e. The summed E-state index contributed by atoms with van der Waals surface area (Å²) in [6.07, 6.45) is 0. The SMILES string of the molecule is CN=C(NC)N(C)C.CN=C(NC)N(C)C.CN=C(NC)N(C)C.CN=C(NC)N(C)C.[SiH4]. The van der Waals surface area contributed by atoms with Gasteiger partial charge in [-0.15, -0.1) is 0 Å². The zero-order valence-corrected chi connectivity index (χ0v) is 23.6. The summed E-state index contributed by atoms with van der Waals surface area (Å²) in [6, 6.07) is 0. The van der Waals surface area contributed by atoms with E-state index in [2.05, 4.69) is 41.2 Å². The third kappa shape index (κ3) is 25.4. The zero-order valence-electron chi connectivity index (χ0n) is 23.6. The standard InChI is InChI=1S/4C5H13N3.H4Si/c4*1-6-5(7-2)8(3)4;/h4*1-4H3,(H,6,7);1H4. The van der Waals surface area contributed by atoms with Crippen LogP contribution in [0.3, 0.4) is 0 Å². The second kappa shape index (κ2) is 27.3. The third-order valence-corrected chi connectivity index (χ3v) is 3.44. The Balaban J connectivity index is -0.000000105. The van der Waals surface area contributed by atoms with E-state index in [1.54, 1.807) is 28.2 Å². The molecule has 12 nitrogen and oxygen atoms in total. The normalized spacial score (nSPS) is 10.9. The molecule has 4 N–H and O–H groups in total. The van der Waals surface area contributed by atoms with E-state index >= 15 is 0 Å². The van der Waals surface area contributed by atoms with Crippen LogP contribution < -0.4 is 21.3 Å². The summed E-state index contributed by atoms with van der Waals surface area (Å²) in [5.74, 6) is 3.57. The molecule has 0 aliphatic carbocycles. The topological polar surface area (TPSA) is 111 Å². The third-order valence-electron chi connectivity index (χ3n) is 3.44. The van der Waals surface area contributed by atoms with Crippen molar-refractivity contribution >= 4 is 34.8 Å². The summed E-state index contributed by atoms with van der Waals surface area (Å²) in [5, 5.41) is 11.7. The number of rotatable bonds is 0. The molecule has 0 atom stereocenters. The lowest BCUT2D eigenvalue weighted by Gasteiger charge is -2.12. The van der Waals surface area contributed by atoms with Gasteiger partial charge < -0.3 is 40.9 Å². The first-order valence-electron chi connectivity index (χ1n) is 10.2. The van der Waals surface area contributed by atoms with Gasteiger partial charge in [-0.05, 0) is 11.0 Å². The molecule has 0 spiro atoms. The van der Waals surface area contributed by atoms with Crippen LogP contribution in [0.1, 0.15) is 0 Å². The van der Waals surface area contributed by atoms with Crippen molar-refractivity contribution < 1.29 is 0 Å². The summed E-state index contributed by atoms with van der Waals surface area (Å²) in [5.41, 5.74) is 0. The fourth-order valence-corrected chi connectivity index (χ4v) is 2.14. The minimum absolute atomic E-state index is 0. The van der Waals surface area contributed by atoms with Gasteiger partial charge in [0.25, 0.3) is 0 Å². The molecular formula is C20H56N12Si. The Bertz CT molecular complexity index is 445. The Labute approximate surface area is 208 Å². The van der Waals surface area contributed by atoms with Crippen molar-refractivity contribution in [3.8, 4) is 0 Å². The molecule has 200 valence electrons. The van der Waals surface area contributed by atoms with E-state index in [1.807, 2.05) is 104 Å². The maximum absolute atomic E-state index is 3.94. The molecule has 0 saturated carbocycles. The highest BCUT2D eigenvalue weighted by Crippen LogP contribution is 1.75. The van der Waals surface area contributed by atoms with Crippen molar-refractivity contribution in [1.29, 1.82) is 0 Å². The second-order valence-electron chi connectivity index (χ2n) is 6.77. The van der Waals surface area contributed by atoms with Crippen LogP contribution in [-0.2, 0) is 0 Å². The number of nitrogens with one attached hydrogen (secondary N) is 4. The molecule has 0 fully saturated rings. The highest BCUT2D eigenvalue weighted by Gasteiger charge is 1.93. The Morgan fingerprint density at radius 2 is 0.515 bits per heavy atom. The first kappa shape index (κ1) is 40.6. The summed E-state index contributed by atoms with van der Waals surface area (Å²) in [4.78, 5) is 23.4. The lowest BCUT2D eigenvalue weighted by molar-refractivity contribution is 0.596. The molecule has 0 aliphatic rings. The van der Waals surface area contributed by atoms with Gasteiger partial charge in [0.15, 0.2) is 23.8 Å². The summed E-state index contributed by atoms with van der Waals surface area (Å²) in [6.45, 7) is 0. The van der Waals surface area contributed by atoms with Gasteiger partial charge in [-0.2, -0.15) is 0 Å². The molecule has 13 heteroatoms. The van der Waals surface area contributed by atoms with Crippen molar-refractivity contribution in [2.45, 2.75) is 0 Å². The van der Waals surface area contributed by atoms with E-state index in [-0.39, 0.29) is 11.0 Å². The van der Waals surface area contributed by atoms with Gasteiger partial charge in [-0.3, -0.25) is 20.0 Å². The second-order valence-corrected chi connectivity index (χ2v) is 6.77. The quantitative estimate of drug-likeness (QED) is 0.168. The average Bonchev–Trinajstić information content (AvgIpc) is 2.72. The van der Waals surface area contributed by atoms with Crippen LogP contribution in [0.2, 0.25) is 0 Å². The van der Waals surface area contributed by atoms with Crippen LogP contribution in [-0.4, -0.2) is 167 Å². The molecule has 0 aliphatic heterocycles. The van der Waals surface area contributed by atoms with E-state index in [1.165, 1.54) is 0 Å². The summed E-state index contributed by atoms with van der Waals surface area (Å²) < 4.78 is 0. The molecule has 0 unspecified atom stereocenters. The molecule has 0 aromatic heterocycles. The van der Waals surface area contributed by atoms with E-state index in [0.717, 1.165) is 23.8 Å². The van der Waals surface area contributed by atoms with Gasteiger partial charge in [-0.1, -0.05) is 0 Å². The van der Waals surface area contributed by atoms with Gasteiger partial charge in [0.1, 0.15) is 0 Å². The molecular weight excluding hydrogens is 436 g/mol. The maximum Gasteiger partial charge on any atom is 0.192 e. The van der Waals surface area contributed by atoms with E-state index in [4.69, 9.17) is 0 Å². The zero-order chi connectivity index (χ0) is 26.3. The minimum atomic E-state index is 0. The van der Waals surface area contributed by atoms with Crippen molar-refractivity contribution in [3.05, 3.63) is 0 Å². The van der Waals surface area contributed by atoms with Crippen molar-refractivity contribution in [3.63, 3.8) is 0 Å². The maximum atomic E-state index is 3.94. The highest BCUT2D eigenvalue weighted by molar-refractivity contribution is 5.80. The summed E-state index contributed by atoms with van der Waals surface area (Å²) >= 11 is 0. The van der Waals surface area contributed by atoms with Crippen LogP contribution in [0.25, 0.3) is 0 Å². The fraction of sp³-hybridized carbons (Fsp3) is 0.800. The lowest BCUT2D eigenvalue weighted by atomic mass is 10.8. The highest BCUT2D eigenvalue weighted by atomic mass is 28.1. The number of hydrogen-bond donors (Lipinski definition) is 4. The van der Waals surface area contributed by atoms with Crippen LogP contribution in [0.5, 0.6) is 0 Å². The number of hydrogen-bond acceptors (Lipinski definition) is 4. The number of guanidine groups is 4. The van der Waals surface area contributed by atoms with Gasteiger partial charge in [0, 0.05) is 113 Å². The van der Waals surface area contributed by atoms with Gasteiger partial charge in [-0.25, -0.2) is 0 Å². The molecule has 0 rings (SSSR count). The monoisotopic (exact) mass is 492 g/mol. The lowest BCUT2D eigenvalue weighted by Crippen LogP contribution is -2.33. The van der Waals surface area contributed by atoms with Crippen LogP contribution >= 0.6 is 0 Å². The Hall–Kier alpha value is -2.70. The molecule has 0 amide bonds. The van der Waals surface area contributed by atoms with Crippen LogP contribution in [0.15, 0.2) is 20.0 Å². The van der Waals surface area contributed by atoms with Gasteiger partial charge >= 0.3 is 0 Å². The van der Waals surface area contributed by atoms with Crippen molar-refractivity contribution in [2.24, 2.45) is 20.0 Å². The van der Waals surface area contributed by atoms with E-state index < -0.39 is 0 Å². The molecule has 0 heterocycles. The van der Waals surface area contributed by atoms with Crippen molar-refractivity contribution in [2.75, 3.05) is 113 Å². The Morgan fingerprint density at radius 3 is 0.515 bits per heavy atom. The Kier molecular flexibility index (Phi) is 33.7. The minimum Gasteiger partial charge on any atom is -0.359 e. The van der Waals surface area contributed by atoms with Crippen LogP contribution in [0.4, 0.5) is 0 Å². The fourth-order valence-electron chi connectivity index (χ4n) is 2.14. The van der Waals surface area contributed by atoms with Gasteiger partial charge in [0.2, 0.25) is 0 Å². The number of aliphatic imine (C=N–C) groups is 4. The molecule has 0 bridgehead atoms. The van der Waals surface area contributed by atoms with Gasteiger partial charge in [0.05, 0.1) is 0 Å². The van der Waals surface area contributed by atoms with E-state index in [0.29, 0.717) is 0 Å². The van der Waals surface area contributed by atoms with E-state index in [9.17, 15) is 0 Å². The Morgan fingerprint density at radius 1 is 0.394 bits per heavy atom. The molecule has 33 heavy (non-hydrogen) atoms. The largest absolute Gasteiger partial charge is 0.359 e. The predicted molar refractivity (Wildman–Crippen MR) is 156 cm³/mol. The molecule has 0 aromatic rings.